The first-order valence-corrected chi connectivity index (χ1v) is 14.9. The van der Waals surface area contributed by atoms with Gasteiger partial charge < -0.3 is 14.4 Å². The molecule has 0 atom stereocenters. The van der Waals surface area contributed by atoms with Crippen LogP contribution in [0.1, 0.15) is 88.8 Å². The van der Waals surface area contributed by atoms with Gasteiger partial charge in [0.15, 0.2) is 0 Å². The number of nitrogens with zero attached hydrogens (tertiary/aromatic N) is 2. The number of carbonyl (C=O) groups excluding carboxylic acids is 2. The van der Waals surface area contributed by atoms with Gasteiger partial charge in [0.25, 0.3) is 6.10 Å². The van der Waals surface area contributed by atoms with Gasteiger partial charge in [-0.3, -0.25) is 9.69 Å². The van der Waals surface area contributed by atoms with Crippen molar-refractivity contribution in [3.8, 4) is 0 Å². The van der Waals surface area contributed by atoms with Crippen LogP contribution in [-0.2, 0) is 32.4 Å². The predicted molar refractivity (Wildman–Crippen MR) is 143 cm³/mol. The largest absolute Gasteiger partial charge is 0.459 e. The summed E-state index contributed by atoms with van der Waals surface area (Å²) in [6.07, 6.45) is -18.8. The Bertz CT molecular complexity index is 1230. The van der Waals surface area contributed by atoms with Gasteiger partial charge in [-0.2, -0.15) is 39.5 Å². The molecule has 15 heteroatoms. The van der Waals surface area contributed by atoms with E-state index in [-0.39, 0.29) is 38.0 Å². The molecule has 254 valence electrons. The molecule has 6 nitrogen and oxygen atoms in total. The molecule has 45 heavy (non-hydrogen) atoms. The third-order valence-corrected chi connectivity index (χ3v) is 9.00. The molecular formula is C30H37F9N2O4. The summed E-state index contributed by atoms with van der Waals surface area (Å²) in [5, 5.41) is 0. The molecule has 4 rings (SSSR count). The van der Waals surface area contributed by atoms with Crippen molar-refractivity contribution in [2.45, 2.75) is 120 Å². The molecule has 1 aliphatic carbocycles. The molecule has 0 radical (unpaired) electrons. The van der Waals surface area contributed by atoms with E-state index in [9.17, 15) is 49.1 Å². The molecule has 1 spiro atoms. The van der Waals surface area contributed by atoms with Crippen molar-refractivity contribution in [2.75, 3.05) is 19.6 Å². The molecule has 0 unspecified atom stereocenters. The lowest BCUT2D eigenvalue weighted by atomic mass is 9.77. The molecule has 1 aromatic carbocycles. The molecule has 3 aliphatic rings. The lowest BCUT2D eigenvalue weighted by Gasteiger charge is -2.45. The van der Waals surface area contributed by atoms with E-state index in [0.29, 0.717) is 50.6 Å². The SMILES string of the molecule is CC(C)(C)OC(=O)C1(c2cc(CN3CCCC34CCN(C(=O)OC(C(F)(F)F)C(F)(F)F)CC4)cc(C(F)(F)F)c2)CCCC1. The standard InChI is InChI=1S/C30H37F9N2O4/c1-25(2,3)45-23(42)27(8-4-5-9-27)20-15-19(16-21(17-20)28(31,32)33)18-41-12-6-7-26(41)10-13-40(14-11-26)24(43)44-22(29(34,35)36)30(37,38)39/h15-17,22H,4-14,18H2,1-3H3. The lowest BCUT2D eigenvalue weighted by Crippen LogP contribution is -2.54. The third-order valence-electron chi connectivity index (χ3n) is 9.00. The molecule has 2 heterocycles. The van der Waals surface area contributed by atoms with E-state index >= 15 is 0 Å². The summed E-state index contributed by atoms with van der Waals surface area (Å²) < 4.78 is 129. The fourth-order valence-corrected chi connectivity index (χ4v) is 6.82. The summed E-state index contributed by atoms with van der Waals surface area (Å²) in [4.78, 5) is 28.5. The number of hydrogen-bond donors (Lipinski definition) is 0. The highest BCUT2D eigenvalue weighted by molar-refractivity contribution is 5.84. The van der Waals surface area contributed by atoms with Crippen LogP contribution in [0.3, 0.4) is 0 Å². The Kier molecular flexibility index (Phi) is 9.49. The Morgan fingerprint density at radius 3 is 1.89 bits per heavy atom. The van der Waals surface area contributed by atoms with Gasteiger partial charge in [-0.25, -0.2) is 4.79 Å². The molecule has 3 fully saturated rings. The summed E-state index contributed by atoms with van der Waals surface area (Å²) >= 11 is 0. The number of amides is 1. The van der Waals surface area contributed by atoms with Crippen molar-refractivity contribution in [1.29, 1.82) is 0 Å². The number of likely N-dealkylation sites (tertiary alicyclic amines) is 2. The van der Waals surface area contributed by atoms with Crippen molar-refractivity contribution >= 4 is 12.1 Å². The molecular weight excluding hydrogens is 623 g/mol. The fourth-order valence-electron chi connectivity index (χ4n) is 6.82. The summed E-state index contributed by atoms with van der Waals surface area (Å²) in [6, 6.07) is 3.66. The van der Waals surface area contributed by atoms with E-state index in [1.807, 2.05) is 4.90 Å². The van der Waals surface area contributed by atoms with Crippen molar-refractivity contribution < 1.29 is 58.6 Å². The first kappa shape index (κ1) is 35.1. The normalized spacial score (nSPS) is 21.0. The fraction of sp³-hybridized carbons (Fsp3) is 0.733. The molecule has 1 saturated carbocycles. The van der Waals surface area contributed by atoms with Crippen LogP contribution in [0, 0.1) is 0 Å². The second kappa shape index (κ2) is 12.1. The average molecular weight is 661 g/mol. The Hall–Kier alpha value is -2.71. The highest BCUT2D eigenvalue weighted by Gasteiger charge is 2.60. The molecule has 2 saturated heterocycles. The Morgan fingerprint density at radius 1 is 0.800 bits per heavy atom. The van der Waals surface area contributed by atoms with E-state index < -0.39 is 58.8 Å². The van der Waals surface area contributed by atoms with Crippen molar-refractivity contribution in [3.05, 3.63) is 34.9 Å². The zero-order chi connectivity index (χ0) is 33.6. The predicted octanol–water partition coefficient (Wildman–Crippen LogP) is 7.92. The molecule has 0 bridgehead atoms. The smallest absolute Gasteiger partial charge is 0.434 e. The first-order chi connectivity index (χ1) is 20.6. The van der Waals surface area contributed by atoms with E-state index in [1.54, 1.807) is 26.8 Å². The van der Waals surface area contributed by atoms with Gasteiger partial charge in [0.2, 0.25) is 0 Å². The first-order valence-electron chi connectivity index (χ1n) is 14.9. The van der Waals surface area contributed by atoms with Crippen molar-refractivity contribution in [2.24, 2.45) is 0 Å². The summed E-state index contributed by atoms with van der Waals surface area (Å²) in [7, 11) is 0. The minimum absolute atomic E-state index is 0.0655. The summed E-state index contributed by atoms with van der Waals surface area (Å²) in [5.74, 6) is -0.576. The Balaban J connectivity index is 1.55. The van der Waals surface area contributed by atoms with Crippen LogP contribution in [0.25, 0.3) is 0 Å². The number of esters is 1. The van der Waals surface area contributed by atoms with Crippen LogP contribution in [-0.4, -0.2) is 71.1 Å². The number of ether oxygens (including phenoxy) is 2. The zero-order valence-corrected chi connectivity index (χ0v) is 25.2. The molecule has 2 aliphatic heterocycles. The summed E-state index contributed by atoms with van der Waals surface area (Å²) in [5.41, 5.74) is -3.07. The maximum absolute atomic E-state index is 14.1. The monoisotopic (exact) mass is 660 g/mol. The quantitative estimate of drug-likeness (QED) is 0.237. The van der Waals surface area contributed by atoms with Crippen molar-refractivity contribution in [3.63, 3.8) is 0 Å². The highest BCUT2D eigenvalue weighted by Crippen LogP contribution is 2.46. The van der Waals surface area contributed by atoms with Gasteiger partial charge in [-0.05, 0) is 89.1 Å². The van der Waals surface area contributed by atoms with Gasteiger partial charge in [0.1, 0.15) is 5.60 Å². The molecule has 1 amide bonds. The number of hydrogen-bond acceptors (Lipinski definition) is 5. The van der Waals surface area contributed by atoms with Gasteiger partial charge in [0.05, 0.1) is 11.0 Å². The van der Waals surface area contributed by atoms with Crippen molar-refractivity contribution in [1.82, 2.24) is 9.80 Å². The maximum Gasteiger partial charge on any atom is 0.434 e. The minimum Gasteiger partial charge on any atom is -0.459 e. The number of carbonyl (C=O) groups is 2. The number of benzene rings is 1. The Labute approximate surface area is 255 Å². The van der Waals surface area contributed by atoms with E-state index in [1.165, 1.54) is 0 Å². The number of alkyl halides is 9. The zero-order valence-electron chi connectivity index (χ0n) is 25.2. The van der Waals surface area contributed by atoms with Gasteiger partial charge in [0, 0.05) is 25.2 Å². The number of rotatable bonds is 5. The minimum atomic E-state index is -5.84. The van der Waals surface area contributed by atoms with Gasteiger partial charge in [-0.15, -0.1) is 0 Å². The molecule has 0 aromatic heterocycles. The second-order valence-corrected chi connectivity index (χ2v) is 13.3. The number of halogens is 9. The van der Waals surface area contributed by atoms with Gasteiger partial charge in [-0.1, -0.05) is 18.9 Å². The van der Waals surface area contributed by atoms with Crippen LogP contribution >= 0.6 is 0 Å². The molecule has 1 aromatic rings. The highest BCUT2D eigenvalue weighted by atomic mass is 19.4. The average Bonchev–Trinajstić information content (AvgIpc) is 3.53. The van der Waals surface area contributed by atoms with Gasteiger partial charge >= 0.3 is 30.6 Å². The van der Waals surface area contributed by atoms with E-state index in [2.05, 4.69) is 4.74 Å². The maximum atomic E-state index is 14.1. The number of piperidine rings is 1. The van der Waals surface area contributed by atoms with Crippen LogP contribution < -0.4 is 0 Å². The third kappa shape index (κ3) is 7.82. The van der Waals surface area contributed by atoms with Crippen LogP contribution in [0.4, 0.5) is 44.3 Å². The summed E-state index contributed by atoms with van der Waals surface area (Å²) in [6.45, 7) is 5.24. The van der Waals surface area contributed by atoms with Crippen LogP contribution in [0.15, 0.2) is 18.2 Å². The topological polar surface area (TPSA) is 59.1 Å². The van der Waals surface area contributed by atoms with Crippen LogP contribution in [0.5, 0.6) is 0 Å². The van der Waals surface area contributed by atoms with E-state index in [4.69, 9.17) is 4.74 Å². The van der Waals surface area contributed by atoms with E-state index in [0.717, 1.165) is 17.0 Å². The Morgan fingerprint density at radius 2 is 1.38 bits per heavy atom. The molecule has 0 N–H and O–H groups in total. The van der Waals surface area contributed by atoms with Crippen LogP contribution in [0.2, 0.25) is 0 Å². The second-order valence-electron chi connectivity index (χ2n) is 13.3. The lowest BCUT2D eigenvalue weighted by molar-refractivity contribution is -0.308.